The van der Waals surface area contributed by atoms with Gasteiger partial charge in [-0.25, -0.2) is 0 Å². The van der Waals surface area contributed by atoms with Gasteiger partial charge in [-0.15, -0.1) is 0 Å². The molecule has 0 saturated heterocycles. The second-order valence-corrected chi connectivity index (χ2v) is 4.86. The van der Waals surface area contributed by atoms with Gasteiger partial charge in [-0.05, 0) is 50.5 Å². The van der Waals surface area contributed by atoms with E-state index in [9.17, 15) is 0 Å². The van der Waals surface area contributed by atoms with Crippen molar-refractivity contribution in [3.8, 4) is 0 Å². The Kier molecular flexibility index (Phi) is 4.79. The van der Waals surface area contributed by atoms with Gasteiger partial charge in [-0.3, -0.25) is 0 Å². The first-order valence-electron chi connectivity index (χ1n) is 6.80. The number of aryl methyl sites for hydroxylation is 2. The lowest BCUT2D eigenvalue weighted by Crippen LogP contribution is -1.99. The van der Waals surface area contributed by atoms with E-state index in [1.807, 2.05) is 0 Å². The van der Waals surface area contributed by atoms with Crippen LogP contribution in [0.3, 0.4) is 0 Å². The van der Waals surface area contributed by atoms with Crippen molar-refractivity contribution in [1.82, 2.24) is 0 Å². The van der Waals surface area contributed by atoms with Crippen LogP contribution in [-0.2, 0) is 0 Å². The fourth-order valence-electron chi connectivity index (χ4n) is 2.04. The zero-order chi connectivity index (χ0) is 13.5. The summed E-state index contributed by atoms with van der Waals surface area (Å²) in [6.45, 7) is 4.25. The van der Waals surface area contributed by atoms with Gasteiger partial charge < -0.3 is 5.32 Å². The number of nitrogens with one attached hydrogen (secondary N) is 1. The van der Waals surface area contributed by atoms with Crippen molar-refractivity contribution in [1.29, 1.82) is 0 Å². The lowest BCUT2D eigenvalue weighted by Gasteiger charge is -2.11. The van der Waals surface area contributed by atoms with Crippen molar-refractivity contribution in [3.05, 3.63) is 77.6 Å². The molecule has 2 rings (SSSR count). The quantitative estimate of drug-likeness (QED) is 0.774. The predicted octanol–water partition coefficient (Wildman–Crippen LogP) is 5.06. The third kappa shape index (κ3) is 4.29. The van der Waals surface area contributed by atoms with E-state index in [1.165, 1.54) is 11.1 Å². The second-order valence-electron chi connectivity index (χ2n) is 4.86. The fourth-order valence-corrected chi connectivity index (χ4v) is 2.04. The fraction of sp³-hybridized carbons (Fsp3) is 0.222. The molecule has 19 heavy (non-hydrogen) atoms. The van der Waals surface area contributed by atoms with Gasteiger partial charge in [0.2, 0.25) is 0 Å². The van der Waals surface area contributed by atoms with Gasteiger partial charge in [0.1, 0.15) is 0 Å². The van der Waals surface area contributed by atoms with Crippen molar-refractivity contribution in [2.45, 2.75) is 26.7 Å². The predicted molar refractivity (Wildman–Crippen MR) is 84.3 cm³/mol. The summed E-state index contributed by atoms with van der Waals surface area (Å²) in [5.41, 5.74) is 4.83. The third-order valence-electron chi connectivity index (χ3n) is 3.10. The smallest absolute Gasteiger partial charge is 0.0414 e. The molecule has 0 spiro atoms. The Balaban J connectivity index is 2.19. The SMILES string of the molecule is Cc1ccc(NC2=C/C=C/CC/C=C/C=C2)c(C)c1. The van der Waals surface area contributed by atoms with Crippen LogP contribution < -0.4 is 5.32 Å². The largest absolute Gasteiger partial charge is 0.355 e. The number of benzene rings is 1. The second kappa shape index (κ2) is 6.79. The highest BCUT2D eigenvalue weighted by Crippen LogP contribution is 2.18. The zero-order valence-electron chi connectivity index (χ0n) is 11.7. The van der Waals surface area contributed by atoms with E-state index in [0.29, 0.717) is 0 Å². The standard InChI is InChI=1S/C18H21N/c1-15-12-13-18(16(2)14-15)19-17-10-8-6-4-3-5-7-9-11-17/h4,6-14,19H,3,5H2,1-2H3/b6-4+,9-7+,10-8?,17-11?. The Labute approximate surface area is 116 Å². The van der Waals surface area contributed by atoms with Crippen LogP contribution in [0.2, 0.25) is 0 Å². The average molecular weight is 251 g/mol. The summed E-state index contributed by atoms with van der Waals surface area (Å²) in [5, 5.41) is 3.48. The number of hydrogen-bond donors (Lipinski definition) is 1. The van der Waals surface area contributed by atoms with Crippen LogP contribution in [-0.4, -0.2) is 0 Å². The Morgan fingerprint density at radius 2 is 1.74 bits per heavy atom. The molecule has 1 nitrogen and oxygen atoms in total. The molecule has 0 amide bonds. The minimum atomic E-state index is 1.09. The number of hydrogen-bond acceptors (Lipinski definition) is 1. The Bertz CT molecular complexity index is 545. The highest BCUT2D eigenvalue weighted by molar-refractivity contribution is 5.57. The monoisotopic (exact) mass is 251 g/mol. The summed E-state index contributed by atoms with van der Waals surface area (Å²) in [5.74, 6) is 0. The van der Waals surface area contributed by atoms with E-state index in [4.69, 9.17) is 0 Å². The van der Waals surface area contributed by atoms with Crippen molar-refractivity contribution < 1.29 is 0 Å². The van der Waals surface area contributed by atoms with E-state index in [2.05, 4.69) is 79.9 Å². The van der Waals surface area contributed by atoms with Crippen LogP contribution in [0, 0.1) is 13.8 Å². The molecule has 98 valence electrons. The Hall–Kier alpha value is -2.02. The van der Waals surface area contributed by atoms with Crippen LogP contribution in [0.25, 0.3) is 0 Å². The van der Waals surface area contributed by atoms with Crippen LogP contribution in [0.1, 0.15) is 24.0 Å². The van der Waals surface area contributed by atoms with E-state index >= 15 is 0 Å². The summed E-state index contributed by atoms with van der Waals surface area (Å²) < 4.78 is 0. The van der Waals surface area contributed by atoms with Crippen molar-refractivity contribution >= 4 is 5.69 Å². The molecule has 0 saturated carbocycles. The van der Waals surface area contributed by atoms with Gasteiger partial charge in [0, 0.05) is 11.4 Å². The molecule has 1 aliphatic carbocycles. The summed E-state index contributed by atoms with van der Waals surface area (Å²) in [6.07, 6.45) is 17.1. The van der Waals surface area contributed by atoms with E-state index in [1.54, 1.807) is 0 Å². The first kappa shape index (κ1) is 13.4. The maximum Gasteiger partial charge on any atom is 0.0414 e. The van der Waals surface area contributed by atoms with Gasteiger partial charge in [0.15, 0.2) is 0 Å². The Morgan fingerprint density at radius 3 is 2.53 bits per heavy atom. The zero-order valence-corrected chi connectivity index (χ0v) is 11.7. The summed E-state index contributed by atoms with van der Waals surface area (Å²) >= 11 is 0. The van der Waals surface area contributed by atoms with Crippen LogP contribution >= 0.6 is 0 Å². The molecule has 1 aromatic carbocycles. The molecule has 0 aromatic heterocycles. The summed E-state index contributed by atoms with van der Waals surface area (Å²) in [7, 11) is 0. The van der Waals surface area contributed by atoms with E-state index in [0.717, 1.165) is 24.2 Å². The lowest BCUT2D eigenvalue weighted by atomic mass is 10.1. The number of rotatable bonds is 2. The molecule has 0 radical (unpaired) electrons. The number of anilines is 1. The first-order valence-corrected chi connectivity index (χ1v) is 6.80. The topological polar surface area (TPSA) is 12.0 Å². The normalized spacial score (nSPS) is 18.5. The highest BCUT2D eigenvalue weighted by atomic mass is 14.9. The molecule has 1 aliphatic rings. The molecule has 0 bridgehead atoms. The van der Waals surface area contributed by atoms with Gasteiger partial charge >= 0.3 is 0 Å². The van der Waals surface area contributed by atoms with E-state index < -0.39 is 0 Å². The van der Waals surface area contributed by atoms with Crippen molar-refractivity contribution in [2.75, 3.05) is 5.32 Å². The molecule has 1 N–H and O–H groups in total. The van der Waals surface area contributed by atoms with Crippen molar-refractivity contribution in [3.63, 3.8) is 0 Å². The molecule has 0 unspecified atom stereocenters. The molecule has 0 fully saturated rings. The number of allylic oxidation sites excluding steroid dienone is 7. The molecular formula is C18H21N. The van der Waals surface area contributed by atoms with Crippen LogP contribution in [0.4, 0.5) is 5.69 Å². The van der Waals surface area contributed by atoms with Gasteiger partial charge in [-0.2, -0.15) is 0 Å². The molecular weight excluding hydrogens is 230 g/mol. The maximum atomic E-state index is 3.48. The van der Waals surface area contributed by atoms with E-state index in [-0.39, 0.29) is 0 Å². The van der Waals surface area contributed by atoms with Crippen molar-refractivity contribution in [2.24, 2.45) is 0 Å². The molecule has 0 aliphatic heterocycles. The minimum absolute atomic E-state index is 1.09. The van der Waals surface area contributed by atoms with Gasteiger partial charge in [0.05, 0.1) is 0 Å². The first-order chi connectivity index (χ1) is 9.25. The summed E-state index contributed by atoms with van der Waals surface area (Å²) in [4.78, 5) is 0. The molecule has 1 heteroatoms. The highest BCUT2D eigenvalue weighted by Gasteiger charge is 1.99. The van der Waals surface area contributed by atoms with Crippen LogP contribution in [0.5, 0.6) is 0 Å². The van der Waals surface area contributed by atoms with Gasteiger partial charge in [0.25, 0.3) is 0 Å². The average Bonchev–Trinajstić information content (AvgIpc) is 2.40. The minimum Gasteiger partial charge on any atom is -0.355 e. The lowest BCUT2D eigenvalue weighted by molar-refractivity contribution is 1.05. The molecule has 0 heterocycles. The Morgan fingerprint density at radius 1 is 0.947 bits per heavy atom. The van der Waals surface area contributed by atoms with Crippen LogP contribution in [0.15, 0.2) is 66.4 Å². The maximum absolute atomic E-state index is 3.48. The third-order valence-corrected chi connectivity index (χ3v) is 3.10. The molecule has 0 atom stereocenters. The summed E-state index contributed by atoms with van der Waals surface area (Å²) in [6, 6.07) is 6.47. The molecule has 1 aromatic rings. The van der Waals surface area contributed by atoms with Gasteiger partial charge in [-0.1, -0.05) is 48.1 Å².